The minimum Gasteiger partial charge on any atom is -0.356 e. The van der Waals surface area contributed by atoms with E-state index in [4.69, 9.17) is 0 Å². The van der Waals surface area contributed by atoms with Crippen molar-refractivity contribution in [2.75, 3.05) is 6.54 Å². The molecule has 0 N–H and O–H groups in total. The number of hydrogen-bond acceptors (Lipinski definition) is 2. The molecule has 25 heavy (non-hydrogen) atoms. The molecule has 2 nitrogen and oxygen atoms in total. The molecule has 2 rings (SSSR count). The first-order chi connectivity index (χ1) is 12.3. The fourth-order valence-corrected chi connectivity index (χ4v) is 3.72. The van der Waals surface area contributed by atoms with E-state index in [1.165, 1.54) is 76.3 Å². The van der Waals surface area contributed by atoms with Crippen LogP contribution in [0, 0.1) is 0 Å². The number of rotatable bonds is 13. The van der Waals surface area contributed by atoms with Crippen LogP contribution in [0.4, 0.5) is 0 Å². The Morgan fingerprint density at radius 1 is 0.720 bits per heavy atom. The second-order valence-electron chi connectivity index (χ2n) is 7.44. The fraction of sp³-hybridized carbons (Fsp3) is 0.652. The fourth-order valence-electron chi connectivity index (χ4n) is 3.72. The van der Waals surface area contributed by atoms with E-state index in [0.717, 1.165) is 6.54 Å². The molecule has 0 saturated heterocycles. The smallest absolute Gasteiger partial charge is 0.101 e. The van der Waals surface area contributed by atoms with Gasteiger partial charge in [0.15, 0.2) is 0 Å². The van der Waals surface area contributed by atoms with Crippen molar-refractivity contribution >= 4 is 0 Å². The molecule has 1 aromatic rings. The van der Waals surface area contributed by atoms with E-state index in [1.807, 2.05) is 0 Å². The van der Waals surface area contributed by atoms with Crippen molar-refractivity contribution in [3.05, 3.63) is 48.3 Å². The lowest BCUT2D eigenvalue weighted by molar-refractivity contribution is 0.132. The predicted molar refractivity (Wildman–Crippen MR) is 109 cm³/mol. The van der Waals surface area contributed by atoms with Crippen LogP contribution in [0.3, 0.4) is 0 Å². The number of unbranched alkanes of at least 4 members (excludes halogenated alkanes) is 7. The van der Waals surface area contributed by atoms with Crippen molar-refractivity contribution in [1.29, 1.82) is 0 Å². The van der Waals surface area contributed by atoms with Gasteiger partial charge in [-0.3, -0.25) is 0 Å². The third-order valence-corrected chi connectivity index (χ3v) is 5.26. The van der Waals surface area contributed by atoms with Crippen molar-refractivity contribution in [3.63, 3.8) is 0 Å². The van der Waals surface area contributed by atoms with Gasteiger partial charge < -0.3 is 9.80 Å². The standard InChI is InChI=1S/C23H38N2/c1-3-5-7-9-13-17-23-24(18-14-8-6-4-2)19-20-25(23)21-22-15-11-10-12-16-22/h10-12,15-16,19-20,23H,3-9,13-14,17-18,21H2,1-2H3. The van der Waals surface area contributed by atoms with E-state index < -0.39 is 0 Å². The number of benzene rings is 1. The average Bonchev–Trinajstić information content (AvgIpc) is 3.01. The molecule has 1 unspecified atom stereocenters. The Balaban J connectivity index is 1.86. The van der Waals surface area contributed by atoms with Crippen molar-refractivity contribution in [2.24, 2.45) is 0 Å². The molecule has 2 heteroatoms. The highest BCUT2D eigenvalue weighted by molar-refractivity contribution is 5.15. The molecule has 140 valence electrons. The first-order valence-corrected chi connectivity index (χ1v) is 10.6. The summed E-state index contributed by atoms with van der Waals surface area (Å²) in [5.41, 5.74) is 1.41. The molecule has 1 heterocycles. The quantitative estimate of drug-likeness (QED) is 0.375. The van der Waals surface area contributed by atoms with Gasteiger partial charge in [-0.1, -0.05) is 89.1 Å². The Labute approximate surface area is 155 Å². The lowest BCUT2D eigenvalue weighted by atomic mass is 10.1. The first-order valence-electron chi connectivity index (χ1n) is 10.6. The summed E-state index contributed by atoms with van der Waals surface area (Å²) in [7, 11) is 0. The predicted octanol–water partition coefficient (Wildman–Crippen LogP) is 6.54. The summed E-state index contributed by atoms with van der Waals surface area (Å²) in [6.45, 7) is 6.82. The maximum atomic E-state index is 2.60. The second kappa shape index (κ2) is 12.0. The van der Waals surface area contributed by atoms with E-state index in [2.05, 4.69) is 66.4 Å². The first kappa shape index (κ1) is 19.9. The van der Waals surface area contributed by atoms with Crippen LogP contribution < -0.4 is 0 Å². The van der Waals surface area contributed by atoms with Gasteiger partial charge in [0.2, 0.25) is 0 Å². The molecule has 0 radical (unpaired) electrons. The van der Waals surface area contributed by atoms with E-state index in [9.17, 15) is 0 Å². The van der Waals surface area contributed by atoms with Crippen molar-refractivity contribution in [2.45, 2.75) is 90.8 Å². The van der Waals surface area contributed by atoms with Crippen molar-refractivity contribution < 1.29 is 0 Å². The Hall–Kier alpha value is -1.44. The van der Waals surface area contributed by atoms with Gasteiger partial charge in [-0.25, -0.2) is 0 Å². The van der Waals surface area contributed by atoms with Crippen LogP contribution in [0.5, 0.6) is 0 Å². The van der Waals surface area contributed by atoms with Crippen LogP contribution in [0.25, 0.3) is 0 Å². The van der Waals surface area contributed by atoms with Gasteiger partial charge in [-0.05, 0) is 24.8 Å². The molecular formula is C23H38N2. The summed E-state index contributed by atoms with van der Waals surface area (Å²) in [5, 5.41) is 0. The molecule has 1 aliphatic rings. The minimum absolute atomic E-state index is 0.559. The molecule has 0 aromatic heterocycles. The summed E-state index contributed by atoms with van der Waals surface area (Å²) in [6, 6.07) is 10.9. The van der Waals surface area contributed by atoms with Crippen LogP contribution >= 0.6 is 0 Å². The summed E-state index contributed by atoms with van der Waals surface area (Å²) in [5.74, 6) is 0. The van der Waals surface area contributed by atoms with Crippen LogP contribution in [-0.4, -0.2) is 22.5 Å². The lowest BCUT2D eigenvalue weighted by Crippen LogP contribution is -2.38. The maximum Gasteiger partial charge on any atom is 0.101 e. The van der Waals surface area contributed by atoms with E-state index in [1.54, 1.807) is 0 Å². The number of hydrogen-bond donors (Lipinski definition) is 0. The second-order valence-corrected chi connectivity index (χ2v) is 7.44. The van der Waals surface area contributed by atoms with Crippen LogP contribution in [-0.2, 0) is 6.54 Å². The molecule has 1 atom stereocenters. The maximum absolute atomic E-state index is 2.60. The summed E-state index contributed by atoms with van der Waals surface area (Å²) in [4.78, 5) is 5.15. The van der Waals surface area contributed by atoms with Crippen LogP contribution in [0.1, 0.15) is 83.6 Å². The molecule has 1 aliphatic heterocycles. The highest BCUT2D eigenvalue weighted by Gasteiger charge is 2.25. The Morgan fingerprint density at radius 3 is 2.08 bits per heavy atom. The van der Waals surface area contributed by atoms with Crippen molar-refractivity contribution in [1.82, 2.24) is 9.80 Å². The topological polar surface area (TPSA) is 6.48 Å². The zero-order valence-electron chi connectivity index (χ0n) is 16.5. The summed E-state index contributed by atoms with van der Waals surface area (Å²) < 4.78 is 0. The van der Waals surface area contributed by atoms with Gasteiger partial charge >= 0.3 is 0 Å². The van der Waals surface area contributed by atoms with Crippen LogP contribution in [0.2, 0.25) is 0 Å². The Bertz CT molecular complexity index is 468. The molecule has 1 aromatic carbocycles. The molecule has 0 fully saturated rings. The Morgan fingerprint density at radius 2 is 1.36 bits per heavy atom. The molecule has 0 saturated carbocycles. The highest BCUT2D eigenvalue weighted by Crippen LogP contribution is 2.24. The van der Waals surface area contributed by atoms with E-state index >= 15 is 0 Å². The molecule has 0 amide bonds. The highest BCUT2D eigenvalue weighted by atomic mass is 15.4. The molecule has 0 bridgehead atoms. The SMILES string of the molecule is CCCCCCCC1N(CCCCCC)C=CN1Cc1ccccc1. The zero-order chi connectivity index (χ0) is 17.7. The normalized spacial score (nSPS) is 16.8. The van der Waals surface area contributed by atoms with Gasteiger partial charge in [0.25, 0.3) is 0 Å². The molecule has 0 spiro atoms. The van der Waals surface area contributed by atoms with Gasteiger partial charge in [0.05, 0.1) is 0 Å². The van der Waals surface area contributed by atoms with E-state index in [0.29, 0.717) is 6.17 Å². The third kappa shape index (κ3) is 7.13. The van der Waals surface area contributed by atoms with Crippen molar-refractivity contribution in [3.8, 4) is 0 Å². The average molecular weight is 343 g/mol. The zero-order valence-corrected chi connectivity index (χ0v) is 16.5. The minimum atomic E-state index is 0.559. The van der Waals surface area contributed by atoms with Gasteiger partial charge in [0, 0.05) is 25.5 Å². The van der Waals surface area contributed by atoms with E-state index in [-0.39, 0.29) is 0 Å². The van der Waals surface area contributed by atoms with Gasteiger partial charge in [0.1, 0.15) is 6.17 Å². The molecular weight excluding hydrogens is 304 g/mol. The summed E-state index contributed by atoms with van der Waals surface area (Å²) >= 11 is 0. The van der Waals surface area contributed by atoms with Crippen LogP contribution in [0.15, 0.2) is 42.7 Å². The third-order valence-electron chi connectivity index (χ3n) is 5.26. The summed E-state index contributed by atoms with van der Waals surface area (Å²) in [6.07, 6.45) is 18.7. The van der Waals surface area contributed by atoms with Gasteiger partial charge in [-0.2, -0.15) is 0 Å². The largest absolute Gasteiger partial charge is 0.356 e. The lowest BCUT2D eigenvalue weighted by Gasteiger charge is -2.33. The number of nitrogens with zero attached hydrogens (tertiary/aromatic N) is 2. The monoisotopic (exact) mass is 342 g/mol. The molecule has 0 aliphatic carbocycles. The Kier molecular flexibility index (Phi) is 9.54. The van der Waals surface area contributed by atoms with Gasteiger partial charge in [-0.15, -0.1) is 0 Å².